The number of hydrogen-bond donors (Lipinski definition) is 1. The van der Waals surface area contributed by atoms with Gasteiger partial charge in [0, 0.05) is 35.1 Å². The van der Waals surface area contributed by atoms with Crippen molar-refractivity contribution in [1.82, 2.24) is 19.9 Å². The van der Waals surface area contributed by atoms with Gasteiger partial charge in [-0.2, -0.15) is 0 Å². The van der Waals surface area contributed by atoms with Crippen molar-refractivity contribution >= 4 is 28.5 Å². The van der Waals surface area contributed by atoms with Gasteiger partial charge in [0.1, 0.15) is 12.4 Å². The molecule has 7 heteroatoms. The van der Waals surface area contributed by atoms with Crippen LogP contribution >= 0.6 is 11.6 Å². The van der Waals surface area contributed by atoms with Crippen LogP contribution in [-0.2, 0) is 4.79 Å². The average molecular weight is 459 g/mol. The van der Waals surface area contributed by atoms with Crippen LogP contribution in [0.4, 0.5) is 0 Å². The van der Waals surface area contributed by atoms with E-state index in [0.29, 0.717) is 17.4 Å². The van der Waals surface area contributed by atoms with E-state index in [9.17, 15) is 4.79 Å². The van der Waals surface area contributed by atoms with Crippen molar-refractivity contribution in [3.63, 3.8) is 0 Å². The molecule has 6 nitrogen and oxygen atoms in total. The number of rotatable bonds is 6. The second-order valence-electron chi connectivity index (χ2n) is 8.00. The van der Waals surface area contributed by atoms with Crippen LogP contribution in [0.1, 0.15) is 12.8 Å². The third-order valence-corrected chi connectivity index (χ3v) is 6.22. The van der Waals surface area contributed by atoms with Gasteiger partial charge in [-0.05, 0) is 54.8 Å². The lowest BCUT2D eigenvalue weighted by molar-refractivity contribution is -0.127. The number of fused-ring (bicyclic) bond motifs is 1. The highest BCUT2D eigenvalue weighted by molar-refractivity contribution is 6.31. The minimum Gasteiger partial charge on any atom is -0.489 e. The summed E-state index contributed by atoms with van der Waals surface area (Å²) >= 11 is 6.31. The first-order valence-electron chi connectivity index (χ1n) is 10.9. The largest absolute Gasteiger partial charge is 0.489 e. The highest BCUT2D eigenvalue weighted by Crippen LogP contribution is 2.41. The Hall–Kier alpha value is -3.64. The van der Waals surface area contributed by atoms with Crippen molar-refractivity contribution in [2.75, 3.05) is 13.2 Å². The molecule has 1 atom stereocenters. The molecule has 0 radical (unpaired) electrons. The van der Waals surface area contributed by atoms with E-state index in [1.54, 1.807) is 18.6 Å². The zero-order valence-electron chi connectivity index (χ0n) is 18.0. The quantitative estimate of drug-likeness (QED) is 0.387. The van der Waals surface area contributed by atoms with E-state index in [-0.39, 0.29) is 11.9 Å². The molecule has 1 N–H and O–H groups in total. The summed E-state index contributed by atoms with van der Waals surface area (Å²) in [5.74, 6) is 0.586. The van der Waals surface area contributed by atoms with Crippen LogP contribution in [0.15, 0.2) is 73.7 Å². The van der Waals surface area contributed by atoms with E-state index in [2.05, 4.69) is 21.5 Å². The Balaban J connectivity index is 1.55. The van der Waals surface area contributed by atoms with Crippen molar-refractivity contribution in [3.8, 4) is 28.1 Å². The monoisotopic (exact) mass is 458 g/mol. The summed E-state index contributed by atoms with van der Waals surface area (Å²) in [6.07, 6.45) is 8.46. The van der Waals surface area contributed by atoms with Crippen molar-refractivity contribution in [2.24, 2.45) is 0 Å². The molecule has 5 rings (SSSR count). The summed E-state index contributed by atoms with van der Waals surface area (Å²) in [4.78, 5) is 26.4. The second kappa shape index (κ2) is 9.08. The molecule has 4 heterocycles. The van der Waals surface area contributed by atoms with E-state index in [4.69, 9.17) is 16.3 Å². The Morgan fingerprint density at radius 1 is 1.27 bits per heavy atom. The van der Waals surface area contributed by atoms with Gasteiger partial charge < -0.3 is 14.6 Å². The zero-order valence-corrected chi connectivity index (χ0v) is 18.8. The number of nitrogens with zero attached hydrogens (tertiary/aromatic N) is 3. The fourth-order valence-corrected chi connectivity index (χ4v) is 4.64. The van der Waals surface area contributed by atoms with Gasteiger partial charge in [-0.25, -0.2) is 0 Å². The topological polar surface area (TPSA) is 71.1 Å². The van der Waals surface area contributed by atoms with Crippen molar-refractivity contribution in [2.45, 2.75) is 18.9 Å². The number of benzene rings is 1. The first-order valence-corrected chi connectivity index (χ1v) is 11.3. The number of pyridine rings is 2. The molecule has 0 bridgehead atoms. The summed E-state index contributed by atoms with van der Waals surface area (Å²) < 4.78 is 6.25. The Morgan fingerprint density at radius 2 is 2.18 bits per heavy atom. The number of nitrogens with one attached hydrogen (secondary N) is 1. The van der Waals surface area contributed by atoms with Crippen LogP contribution in [-0.4, -0.2) is 45.0 Å². The van der Waals surface area contributed by atoms with Crippen LogP contribution in [0.3, 0.4) is 0 Å². The maximum atomic E-state index is 12.2. The van der Waals surface area contributed by atoms with E-state index < -0.39 is 0 Å². The fraction of sp³-hybridized carbons (Fsp3) is 0.192. The molecule has 0 unspecified atom stereocenters. The number of aromatic amines is 1. The van der Waals surface area contributed by atoms with Crippen LogP contribution in [0.5, 0.6) is 5.75 Å². The first kappa shape index (κ1) is 21.2. The number of hydrogen-bond acceptors (Lipinski definition) is 4. The lowest BCUT2D eigenvalue weighted by Gasteiger charge is -2.24. The second-order valence-corrected chi connectivity index (χ2v) is 8.44. The van der Waals surface area contributed by atoms with Gasteiger partial charge in [-0.3, -0.25) is 14.8 Å². The predicted octanol–water partition coefficient (Wildman–Crippen LogP) is 5.50. The summed E-state index contributed by atoms with van der Waals surface area (Å²) in [6.45, 7) is 4.74. The number of likely N-dealkylation sites (tertiary alicyclic amines) is 1. The Kier molecular flexibility index (Phi) is 5.84. The Bertz CT molecular complexity index is 1330. The minimum atomic E-state index is -0.0579. The standard InChI is InChI=1S/C26H23ClN4O2/c1-2-23(32)31-13-5-8-19(31)16-33-22-15-28-12-10-20(22)25-24(17-6-3-7-18(27)14-17)26-21(30-25)9-4-11-29-26/h2-4,6-7,9-12,14-15,19,30H,1,5,8,13,16H2/t19-/m0/s1. The molecule has 33 heavy (non-hydrogen) atoms. The normalized spacial score (nSPS) is 15.7. The number of amides is 1. The fourth-order valence-electron chi connectivity index (χ4n) is 4.45. The number of carbonyl (C=O) groups excluding carboxylic acids is 1. The molecular formula is C26H23ClN4O2. The molecule has 0 spiro atoms. The minimum absolute atomic E-state index is 0.0142. The number of H-pyrrole nitrogens is 1. The van der Waals surface area contributed by atoms with Gasteiger partial charge in [0.15, 0.2) is 0 Å². The summed E-state index contributed by atoms with van der Waals surface area (Å²) in [5.41, 5.74) is 5.45. The number of halogens is 1. The Morgan fingerprint density at radius 3 is 3.03 bits per heavy atom. The number of carbonyl (C=O) groups is 1. The molecular weight excluding hydrogens is 436 g/mol. The molecule has 1 amide bonds. The predicted molar refractivity (Wildman–Crippen MR) is 130 cm³/mol. The van der Waals surface area contributed by atoms with Crippen molar-refractivity contribution < 1.29 is 9.53 Å². The van der Waals surface area contributed by atoms with Crippen LogP contribution in [0, 0.1) is 0 Å². The third-order valence-electron chi connectivity index (χ3n) is 5.99. The third kappa shape index (κ3) is 4.10. The van der Waals surface area contributed by atoms with Gasteiger partial charge in [-0.15, -0.1) is 0 Å². The van der Waals surface area contributed by atoms with Gasteiger partial charge in [0.2, 0.25) is 5.91 Å². The van der Waals surface area contributed by atoms with Gasteiger partial charge >= 0.3 is 0 Å². The molecule has 1 fully saturated rings. The van der Waals surface area contributed by atoms with E-state index >= 15 is 0 Å². The maximum absolute atomic E-state index is 12.2. The Labute approximate surface area is 196 Å². The zero-order chi connectivity index (χ0) is 22.8. The van der Waals surface area contributed by atoms with Crippen molar-refractivity contribution in [3.05, 3.63) is 78.7 Å². The van der Waals surface area contributed by atoms with Crippen LogP contribution in [0.2, 0.25) is 5.02 Å². The van der Waals surface area contributed by atoms with Gasteiger partial charge in [-0.1, -0.05) is 30.3 Å². The summed E-state index contributed by atoms with van der Waals surface area (Å²) in [7, 11) is 0. The molecule has 1 aromatic carbocycles. The summed E-state index contributed by atoms with van der Waals surface area (Å²) in [6, 6.07) is 13.6. The lowest BCUT2D eigenvalue weighted by atomic mass is 10.0. The smallest absolute Gasteiger partial charge is 0.246 e. The lowest BCUT2D eigenvalue weighted by Crippen LogP contribution is -2.38. The van der Waals surface area contributed by atoms with Crippen LogP contribution < -0.4 is 4.74 Å². The van der Waals surface area contributed by atoms with Crippen LogP contribution in [0.25, 0.3) is 33.4 Å². The van der Waals surface area contributed by atoms with Gasteiger partial charge in [0.05, 0.1) is 29.0 Å². The maximum Gasteiger partial charge on any atom is 0.246 e. The molecule has 0 aliphatic carbocycles. The van der Waals surface area contributed by atoms with Gasteiger partial charge in [0.25, 0.3) is 0 Å². The highest BCUT2D eigenvalue weighted by Gasteiger charge is 2.28. The average Bonchev–Trinajstić information content (AvgIpc) is 3.47. The van der Waals surface area contributed by atoms with Crippen molar-refractivity contribution in [1.29, 1.82) is 0 Å². The summed E-state index contributed by atoms with van der Waals surface area (Å²) in [5, 5.41) is 0.656. The first-order chi connectivity index (χ1) is 16.2. The molecule has 166 valence electrons. The molecule has 1 aliphatic heterocycles. The molecule has 4 aromatic rings. The van der Waals surface area contributed by atoms with E-state index in [1.165, 1.54) is 6.08 Å². The molecule has 1 aliphatic rings. The molecule has 1 saturated heterocycles. The SMILES string of the molecule is C=CC(=O)N1CCC[C@H]1COc1cnccc1-c1[nH]c2cccnc2c1-c1cccc(Cl)c1. The highest BCUT2D eigenvalue weighted by atomic mass is 35.5. The molecule has 3 aromatic heterocycles. The molecule has 0 saturated carbocycles. The van der Waals surface area contributed by atoms with E-state index in [1.807, 2.05) is 47.4 Å². The number of aromatic nitrogens is 3. The number of ether oxygens (including phenoxy) is 1. The van der Waals surface area contributed by atoms with E-state index in [0.717, 1.165) is 52.8 Å².